The van der Waals surface area contributed by atoms with Gasteiger partial charge in [0, 0.05) is 29.3 Å². The smallest absolute Gasteiger partial charge is 0.248 e. The van der Waals surface area contributed by atoms with E-state index in [0.29, 0.717) is 17.1 Å². The van der Waals surface area contributed by atoms with Gasteiger partial charge in [-0.05, 0) is 55.3 Å². The third kappa shape index (κ3) is 3.78. The Morgan fingerprint density at radius 3 is 2.67 bits per heavy atom. The van der Waals surface area contributed by atoms with Crippen molar-refractivity contribution in [1.29, 1.82) is 0 Å². The first-order valence-corrected chi connectivity index (χ1v) is 9.33. The van der Waals surface area contributed by atoms with Crippen LogP contribution < -0.4 is 11.1 Å². The Bertz CT molecular complexity index is 1090. The molecule has 4 rings (SSSR count). The van der Waals surface area contributed by atoms with E-state index in [1.165, 1.54) is 36.5 Å². The average Bonchev–Trinajstić information content (AvgIpc) is 2.70. The summed E-state index contributed by atoms with van der Waals surface area (Å²) in [6.45, 7) is 0.257. The van der Waals surface area contributed by atoms with Crippen molar-refractivity contribution in [2.45, 2.75) is 24.4 Å². The summed E-state index contributed by atoms with van der Waals surface area (Å²) in [6, 6.07) is 10.3. The molecule has 0 unspecified atom stereocenters. The van der Waals surface area contributed by atoms with Crippen LogP contribution in [0.15, 0.2) is 48.7 Å². The lowest BCUT2D eigenvalue weighted by Gasteiger charge is -2.44. The van der Waals surface area contributed by atoms with Gasteiger partial charge in [0.1, 0.15) is 23.6 Å². The fraction of sp³-hybridized carbons (Fsp3) is 0.238. The van der Waals surface area contributed by atoms with E-state index in [-0.39, 0.29) is 36.4 Å². The minimum Gasteiger partial charge on any atom is -0.508 e. The van der Waals surface area contributed by atoms with Gasteiger partial charge in [-0.2, -0.15) is 0 Å². The fourth-order valence-corrected chi connectivity index (χ4v) is 3.73. The van der Waals surface area contributed by atoms with Crippen molar-refractivity contribution < 1.29 is 18.7 Å². The minimum absolute atomic E-state index is 0.115. The standard InChI is InChI=1S/C21H19F2N5O2/c22-14-9-21(10-14,19-16(23)2-1-5-25-19)11-26-18-4-3-17(27-28-18)12-6-13(20(24)30)8-15(29)7-12/h1-8,14,29H,9-11H2,(H2,24,30)(H,26,28)/t14-,21-. The van der Waals surface area contributed by atoms with Crippen molar-refractivity contribution in [3.05, 3.63) is 65.7 Å². The van der Waals surface area contributed by atoms with Crippen LogP contribution in [-0.2, 0) is 5.41 Å². The number of phenolic OH excluding ortho intramolecular Hbond substituents is 1. The van der Waals surface area contributed by atoms with Crippen molar-refractivity contribution in [1.82, 2.24) is 15.2 Å². The van der Waals surface area contributed by atoms with Crippen molar-refractivity contribution in [3.8, 4) is 17.0 Å². The number of aromatic hydroxyl groups is 1. The molecule has 2 heterocycles. The van der Waals surface area contributed by atoms with Crippen LogP contribution in [0.2, 0.25) is 0 Å². The molecule has 0 radical (unpaired) electrons. The summed E-state index contributed by atoms with van der Waals surface area (Å²) in [5.74, 6) is -0.818. The summed E-state index contributed by atoms with van der Waals surface area (Å²) < 4.78 is 27.9. The lowest BCUT2D eigenvalue weighted by Crippen LogP contribution is -2.49. The second-order valence-electron chi connectivity index (χ2n) is 7.41. The number of halogens is 2. The normalized spacial score (nSPS) is 20.4. The van der Waals surface area contributed by atoms with Crippen LogP contribution in [-0.4, -0.2) is 38.9 Å². The fourth-order valence-electron chi connectivity index (χ4n) is 3.73. The van der Waals surface area contributed by atoms with Gasteiger partial charge in [0.15, 0.2) is 0 Å². The van der Waals surface area contributed by atoms with E-state index in [9.17, 15) is 18.7 Å². The van der Waals surface area contributed by atoms with Crippen molar-refractivity contribution in [3.63, 3.8) is 0 Å². The molecule has 0 bridgehead atoms. The Morgan fingerprint density at radius 1 is 1.23 bits per heavy atom. The summed E-state index contributed by atoms with van der Waals surface area (Å²) in [5, 5.41) is 21.1. The van der Waals surface area contributed by atoms with Gasteiger partial charge in [-0.3, -0.25) is 9.78 Å². The number of primary amides is 1. The predicted molar refractivity (Wildman–Crippen MR) is 106 cm³/mol. The van der Waals surface area contributed by atoms with Crippen LogP contribution in [0.1, 0.15) is 28.9 Å². The van der Waals surface area contributed by atoms with Gasteiger partial charge in [-0.15, -0.1) is 10.2 Å². The van der Waals surface area contributed by atoms with Gasteiger partial charge in [0.25, 0.3) is 0 Å². The number of pyridine rings is 1. The lowest BCUT2D eigenvalue weighted by molar-refractivity contribution is 0.0963. The molecule has 1 fully saturated rings. The molecule has 1 aliphatic carbocycles. The van der Waals surface area contributed by atoms with Crippen LogP contribution in [0.25, 0.3) is 11.3 Å². The molecule has 3 aromatic rings. The van der Waals surface area contributed by atoms with Crippen molar-refractivity contribution >= 4 is 11.7 Å². The molecule has 1 amide bonds. The van der Waals surface area contributed by atoms with Gasteiger partial charge >= 0.3 is 0 Å². The summed E-state index contributed by atoms with van der Waals surface area (Å²) in [5.41, 5.74) is 5.83. The first kappa shape index (κ1) is 19.7. The molecule has 9 heteroatoms. The van der Waals surface area contributed by atoms with Gasteiger partial charge < -0.3 is 16.2 Å². The van der Waals surface area contributed by atoms with Gasteiger partial charge in [0.2, 0.25) is 5.91 Å². The van der Waals surface area contributed by atoms with Gasteiger partial charge in [-0.25, -0.2) is 8.78 Å². The largest absolute Gasteiger partial charge is 0.508 e. The monoisotopic (exact) mass is 411 g/mol. The second kappa shape index (κ2) is 7.66. The number of phenols is 1. The maximum atomic E-state index is 14.2. The first-order chi connectivity index (χ1) is 14.4. The number of rotatable bonds is 6. The Balaban J connectivity index is 1.51. The Morgan fingerprint density at radius 2 is 2.03 bits per heavy atom. The molecule has 1 aliphatic rings. The number of hydrogen-bond donors (Lipinski definition) is 3. The number of anilines is 1. The zero-order chi connectivity index (χ0) is 21.3. The SMILES string of the molecule is NC(=O)c1cc(O)cc(-c2ccc(NC[C@]3(c4ncccc4F)C[C@H](F)C3)nn2)c1. The molecule has 0 spiro atoms. The number of hydrogen-bond acceptors (Lipinski definition) is 6. The number of aromatic nitrogens is 3. The minimum atomic E-state index is -0.994. The zero-order valence-corrected chi connectivity index (χ0v) is 15.8. The Labute approximate surface area is 171 Å². The predicted octanol–water partition coefficient (Wildman–Crippen LogP) is 2.96. The summed E-state index contributed by atoms with van der Waals surface area (Å²) in [4.78, 5) is 15.5. The van der Waals surface area contributed by atoms with Gasteiger partial charge in [0.05, 0.1) is 11.4 Å². The highest BCUT2D eigenvalue weighted by Gasteiger charge is 2.48. The molecule has 0 saturated heterocycles. The molecular formula is C21H19F2N5O2. The second-order valence-corrected chi connectivity index (χ2v) is 7.41. The quantitative estimate of drug-likeness (QED) is 0.575. The van der Waals surface area contributed by atoms with Crippen LogP contribution in [0.5, 0.6) is 5.75 Å². The van der Waals surface area contributed by atoms with Gasteiger partial charge in [-0.1, -0.05) is 0 Å². The third-order valence-corrected chi connectivity index (χ3v) is 5.26. The highest BCUT2D eigenvalue weighted by molar-refractivity contribution is 5.94. The highest BCUT2D eigenvalue weighted by atomic mass is 19.1. The molecule has 4 N–H and O–H groups in total. The summed E-state index contributed by atoms with van der Waals surface area (Å²) in [6.07, 6.45) is 0.861. The maximum absolute atomic E-state index is 14.2. The number of amides is 1. The summed E-state index contributed by atoms with van der Waals surface area (Å²) in [7, 11) is 0. The first-order valence-electron chi connectivity index (χ1n) is 9.33. The average molecular weight is 411 g/mol. The van der Waals surface area contributed by atoms with E-state index < -0.39 is 23.3 Å². The van der Waals surface area contributed by atoms with Crippen molar-refractivity contribution in [2.75, 3.05) is 11.9 Å². The summed E-state index contributed by atoms with van der Waals surface area (Å²) >= 11 is 0. The molecule has 2 aromatic heterocycles. The molecule has 154 valence electrons. The Hall–Kier alpha value is -3.62. The maximum Gasteiger partial charge on any atom is 0.248 e. The number of nitrogens with zero attached hydrogens (tertiary/aromatic N) is 3. The molecule has 7 nitrogen and oxygen atoms in total. The topological polar surface area (TPSA) is 114 Å². The number of carbonyl (C=O) groups excluding carboxylic acids is 1. The van der Waals surface area contributed by atoms with E-state index in [2.05, 4.69) is 20.5 Å². The Kier molecular flexibility index (Phi) is 5.03. The highest BCUT2D eigenvalue weighted by Crippen LogP contribution is 2.45. The molecular weight excluding hydrogens is 392 g/mol. The zero-order valence-electron chi connectivity index (χ0n) is 15.8. The van der Waals surface area contributed by atoms with E-state index in [1.54, 1.807) is 12.1 Å². The van der Waals surface area contributed by atoms with E-state index in [4.69, 9.17) is 5.73 Å². The number of nitrogens with two attached hydrogens (primary N) is 1. The number of carbonyl (C=O) groups is 1. The molecule has 0 aliphatic heterocycles. The van der Waals surface area contributed by atoms with Crippen LogP contribution in [0, 0.1) is 5.82 Å². The number of alkyl halides is 1. The number of benzene rings is 1. The van der Waals surface area contributed by atoms with Crippen LogP contribution >= 0.6 is 0 Å². The van der Waals surface area contributed by atoms with E-state index in [1.807, 2.05) is 0 Å². The van der Waals surface area contributed by atoms with Crippen molar-refractivity contribution in [2.24, 2.45) is 5.73 Å². The van der Waals surface area contributed by atoms with E-state index in [0.717, 1.165) is 0 Å². The molecule has 1 saturated carbocycles. The third-order valence-electron chi connectivity index (χ3n) is 5.26. The number of nitrogens with one attached hydrogen (secondary N) is 1. The van der Waals surface area contributed by atoms with E-state index >= 15 is 0 Å². The molecule has 30 heavy (non-hydrogen) atoms. The molecule has 0 atom stereocenters. The lowest BCUT2D eigenvalue weighted by atomic mass is 9.65. The van der Waals surface area contributed by atoms with Crippen LogP contribution in [0.3, 0.4) is 0 Å². The molecule has 1 aromatic carbocycles. The van der Waals surface area contributed by atoms with Crippen LogP contribution in [0.4, 0.5) is 14.6 Å².